The van der Waals surface area contributed by atoms with Gasteiger partial charge in [-0.25, -0.2) is 0 Å². The molecule has 0 saturated heterocycles. The van der Waals surface area contributed by atoms with Crippen molar-refractivity contribution in [3.05, 3.63) is 47.1 Å². The highest BCUT2D eigenvalue weighted by atomic mass is 16.2. The number of benzene rings is 1. The van der Waals surface area contributed by atoms with Crippen LogP contribution in [0.4, 0.5) is 5.69 Å². The van der Waals surface area contributed by atoms with Crippen molar-refractivity contribution in [3.8, 4) is 0 Å². The fourth-order valence-corrected chi connectivity index (χ4v) is 3.08. The van der Waals surface area contributed by atoms with Gasteiger partial charge in [-0.3, -0.25) is 4.79 Å². The molecule has 2 N–H and O–H groups in total. The quantitative estimate of drug-likeness (QED) is 0.869. The van der Waals surface area contributed by atoms with Crippen molar-refractivity contribution in [2.24, 2.45) is 5.73 Å². The molecule has 1 amide bonds. The molecule has 0 bridgehead atoms. The minimum atomic E-state index is -0.0743. The van der Waals surface area contributed by atoms with E-state index in [2.05, 4.69) is 44.2 Å². The Morgan fingerprint density at radius 2 is 2.05 bits per heavy atom. The number of anilines is 1. The summed E-state index contributed by atoms with van der Waals surface area (Å²) >= 11 is 0. The lowest BCUT2D eigenvalue weighted by Crippen LogP contribution is -2.31. The van der Waals surface area contributed by atoms with E-state index in [1.807, 2.05) is 7.05 Å². The molecule has 22 heavy (non-hydrogen) atoms. The second-order valence-corrected chi connectivity index (χ2v) is 6.52. The summed E-state index contributed by atoms with van der Waals surface area (Å²) in [5.41, 5.74) is 12.1. The first kappa shape index (κ1) is 15.0. The second kappa shape index (κ2) is 5.40. The van der Waals surface area contributed by atoms with Gasteiger partial charge in [0.1, 0.15) is 0 Å². The predicted octanol–water partition coefficient (Wildman–Crippen LogP) is 3.44. The SMILES string of the molecule is CC=C(C=C(C)C1(N)CC1)c1ccc2c(c1)CCC(=O)N2C. The Labute approximate surface area is 132 Å². The number of carbonyl (C=O) groups excluding carboxylic acids is 1. The summed E-state index contributed by atoms with van der Waals surface area (Å²) < 4.78 is 0. The third kappa shape index (κ3) is 2.61. The number of hydrogen-bond acceptors (Lipinski definition) is 2. The molecule has 1 heterocycles. The lowest BCUT2D eigenvalue weighted by Gasteiger charge is -2.26. The predicted molar refractivity (Wildman–Crippen MR) is 91.7 cm³/mol. The van der Waals surface area contributed by atoms with Gasteiger partial charge in [0.05, 0.1) is 0 Å². The van der Waals surface area contributed by atoms with E-state index in [-0.39, 0.29) is 11.4 Å². The topological polar surface area (TPSA) is 46.3 Å². The van der Waals surface area contributed by atoms with Gasteiger partial charge >= 0.3 is 0 Å². The van der Waals surface area contributed by atoms with Gasteiger partial charge in [-0.15, -0.1) is 0 Å². The number of nitrogens with zero attached hydrogens (tertiary/aromatic N) is 1. The molecule has 1 aliphatic heterocycles. The third-order valence-electron chi connectivity index (χ3n) is 5.01. The Bertz CT molecular complexity index is 681. The summed E-state index contributed by atoms with van der Waals surface area (Å²) in [6.07, 6.45) is 7.94. The van der Waals surface area contributed by atoms with Gasteiger partial charge in [-0.2, -0.15) is 0 Å². The van der Waals surface area contributed by atoms with Gasteiger partial charge in [-0.05, 0) is 61.9 Å². The maximum Gasteiger partial charge on any atom is 0.227 e. The van der Waals surface area contributed by atoms with E-state index in [0.29, 0.717) is 6.42 Å². The highest BCUT2D eigenvalue weighted by molar-refractivity contribution is 5.96. The Morgan fingerprint density at radius 3 is 2.68 bits per heavy atom. The van der Waals surface area contributed by atoms with Crippen molar-refractivity contribution < 1.29 is 4.79 Å². The van der Waals surface area contributed by atoms with Crippen molar-refractivity contribution >= 4 is 17.2 Å². The van der Waals surface area contributed by atoms with Crippen LogP contribution >= 0.6 is 0 Å². The average molecular weight is 296 g/mol. The fourth-order valence-electron chi connectivity index (χ4n) is 3.08. The van der Waals surface area contributed by atoms with Crippen LogP contribution in [0, 0.1) is 0 Å². The normalized spacial score (nSPS) is 20.9. The van der Waals surface area contributed by atoms with Gasteiger partial charge in [0, 0.05) is 24.7 Å². The molecule has 3 heteroatoms. The number of fused-ring (bicyclic) bond motifs is 1. The highest BCUT2D eigenvalue weighted by Crippen LogP contribution is 2.40. The first-order valence-corrected chi connectivity index (χ1v) is 7.98. The summed E-state index contributed by atoms with van der Waals surface area (Å²) in [4.78, 5) is 13.5. The molecule has 0 atom stereocenters. The number of carbonyl (C=O) groups is 1. The zero-order chi connectivity index (χ0) is 15.9. The number of allylic oxidation sites excluding steroid dienone is 3. The minimum Gasteiger partial charge on any atom is -0.322 e. The van der Waals surface area contributed by atoms with E-state index in [9.17, 15) is 4.79 Å². The van der Waals surface area contributed by atoms with Crippen LogP contribution < -0.4 is 10.6 Å². The van der Waals surface area contributed by atoms with Crippen molar-refractivity contribution in [2.75, 3.05) is 11.9 Å². The molecule has 0 unspecified atom stereocenters. The first-order valence-electron chi connectivity index (χ1n) is 7.98. The molecule has 3 nitrogen and oxygen atoms in total. The van der Waals surface area contributed by atoms with Crippen LogP contribution in [0.15, 0.2) is 35.9 Å². The molecule has 1 saturated carbocycles. The van der Waals surface area contributed by atoms with E-state index in [0.717, 1.165) is 24.9 Å². The third-order valence-corrected chi connectivity index (χ3v) is 5.01. The lowest BCUT2D eigenvalue weighted by molar-refractivity contribution is -0.118. The van der Waals surface area contributed by atoms with Crippen LogP contribution in [0.3, 0.4) is 0 Å². The monoisotopic (exact) mass is 296 g/mol. The van der Waals surface area contributed by atoms with Gasteiger partial charge in [0.25, 0.3) is 0 Å². The zero-order valence-electron chi connectivity index (χ0n) is 13.6. The van der Waals surface area contributed by atoms with Gasteiger partial charge < -0.3 is 10.6 Å². The number of hydrogen-bond donors (Lipinski definition) is 1. The average Bonchev–Trinajstić information content (AvgIpc) is 3.27. The maximum absolute atomic E-state index is 11.8. The van der Waals surface area contributed by atoms with Crippen molar-refractivity contribution in [1.82, 2.24) is 0 Å². The van der Waals surface area contributed by atoms with E-state index >= 15 is 0 Å². The van der Waals surface area contributed by atoms with Crippen molar-refractivity contribution in [2.45, 2.75) is 45.1 Å². The molecule has 0 spiro atoms. The fraction of sp³-hybridized carbons (Fsp3) is 0.421. The molecular weight excluding hydrogens is 272 g/mol. The molecule has 1 aromatic carbocycles. The van der Waals surface area contributed by atoms with Gasteiger partial charge in [0.15, 0.2) is 0 Å². The summed E-state index contributed by atoms with van der Waals surface area (Å²) in [5.74, 6) is 0.195. The molecule has 3 rings (SSSR count). The summed E-state index contributed by atoms with van der Waals surface area (Å²) in [7, 11) is 1.85. The maximum atomic E-state index is 11.8. The summed E-state index contributed by atoms with van der Waals surface area (Å²) in [5, 5.41) is 0. The number of aryl methyl sites for hydroxylation is 1. The standard InChI is InChI=1S/C19H24N2O/c1-4-14(11-13(2)19(20)9-10-19)15-5-7-17-16(12-15)6-8-18(22)21(17)3/h4-5,7,11-12H,6,8-10,20H2,1-3H3. The van der Waals surface area contributed by atoms with Gasteiger partial charge in [-0.1, -0.05) is 23.8 Å². The molecule has 116 valence electrons. The molecule has 0 radical (unpaired) electrons. The Balaban J connectivity index is 1.93. The van der Waals surface area contributed by atoms with Crippen LogP contribution in [-0.2, 0) is 11.2 Å². The lowest BCUT2D eigenvalue weighted by atomic mass is 9.94. The molecule has 1 fully saturated rings. The largest absolute Gasteiger partial charge is 0.322 e. The number of rotatable bonds is 3. The van der Waals surface area contributed by atoms with Crippen LogP contribution in [0.5, 0.6) is 0 Å². The Kier molecular flexibility index (Phi) is 3.69. The van der Waals surface area contributed by atoms with E-state index in [1.54, 1.807) is 4.90 Å². The van der Waals surface area contributed by atoms with Crippen LogP contribution in [0.25, 0.3) is 5.57 Å². The Hall–Kier alpha value is -1.87. The first-order chi connectivity index (χ1) is 10.4. The van der Waals surface area contributed by atoms with Crippen LogP contribution in [-0.4, -0.2) is 18.5 Å². The van der Waals surface area contributed by atoms with E-state index < -0.39 is 0 Å². The van der Waals surface area contributed by atoms with Crippen LogP contribution in [0.2, 0.25) is 0 Å². The van der Waals surface area contributed by atoms with Gasteiger partial charge in [0.2, 0.25) is 5.91 Å². The molecule has 2 aliphatic rings. The summed E-state index contributed by atoms with van der Waals surface area (Å²) in [6, 6.07) is 6.38. The minimum absolute atomic E-state index is 0.0743. The summed E-state index contributed by atoms with van der Waals surface area (Å²) in [6.45, 7) is 4.19. The zero-order valence-corrected chi connectivity index (χ0v) is 13.6. The van der Waals surface area contributed by atoms with E-state index in [1.165, 1.54) is 22.3 Å². The number of nitrogens with two attached hydrogens (primary N) is 1. The van der Waals surface area contributed by atoms with Crippen LogP contribution in [0.1, 0.15) is 44.2 Å². The molecule has 1 aromatic rings. The molecule has 0 aromatic heterocycles. The smallest absolute Gasteiger partial charge is 0.227 e. The number of amides is 1. The van der Waals surface area contributed by atoms with E-state index in [4.69, 9.17) is 5.73 Å². The Morgan fingerprint density at radius 1 is 1.32 bits per heavy atom. The molecule has 1 aliphatic carbocycles. The van der Waals surface area contributed by atoms with Crippen molar-refractivity contribution in [1.29, 1.82) is 0 Å². The molecular formula is C19H24N2O. The van der Waals surface area contributed by atoms with Crippen molar-refractivity contribution in [3.63, 3.8) is 0 Å². The second-order valence-electron chi connectivity index (χ2n) is 6.52. The highest BCUT2D eigenvalue weighted by Gasteiger charge is 2.39.